The maximum atomic E-state index is 6.76. The molecule has 0 saturated heterocycles. The summed E-state index contributed by atoms with van der Waals surface area (Å²) < 4.78 is 9.14. The second-order valence-corrected chi connectivity index (χ2v) is 14.5. The molecule has 0 aliphatic carbocycles. The highest BCUT2D eigenvalue weighted by atomic mass is 16.3. The first kappa shape index (κ1) is 32.8. The zero-order chi connectivity index (χ0) is 37.7. The SMILES string of the molecule is c1ccc(-c2ccc(N(c3ccc(-c4ccccc4)cc3)c3cc(-c4cccc(-n5c6ccccc6c6ccccc65)c4)c4oc5ccccc5c4c3)cc2)cc1. The van der Waals surface area contributed by atoms with Crippen molar-refractivity contribution in [1.29, 1.82) is 0 Å². The van der Waals surface area contributed by atoms with Crippen molar-refractivity contribution in [3.8, 4) is 39.1 Å². The van der Waals surface area contributed by atoms with Gasteiger partial charge in [-0.1, -0.05) is 152 Å². The molecule has 0 unspecified atom stereocenters. The number of hydrogen-bond donors (Lipinski definition) is 0. The lowest BCUT2D eigenvalue weighted by Crippen LogP contribution is -2.10. The number of hydrogen-bond acceptors (Lipinski definition) is 2. The summed E-state index contributed by atoms with van der Waals surface area (Å²) in [5, 5.41) is 4.65. The third-order valence-corrected chi connectivity index (χ3v) is 11.2. The third-order valence-electron chi connectivity index (χ3n) is 11.2. The fraction of sp³-hybridized carbons (Fsp3) is 0. The van der Waals surface area contributed by atoms with E-state index in [1.807, 2.05) is 6.07 Å². The van der Waals surface area contributed by atoms with Crippen molar-refractivity contribution < 1.29 is 4.42 Å². The number of rotatable bonds is 7. The molecule has 0 aliphatic heterocycles. The molecule has 9 aromatic carbocycles. The monoisotopic (exact) mass is 728 g/mol. The van der Waals surface area contributed by atoms with Crippen LogP contribution in [0.25, 0.3) is 82.8 Å². The highest BCUT2D eigenvalue weighted by Crippen LogP contribution is 2.44. The molecule has 0 spiro atoms. The summed E-state index contributed by atoms with van der Waals surface area (Å²) in [6.07, 6.45) is 0. The molecule has 57 heavy (non-hydrogen) atoms. The predicted molar refractivity (Wildman–Crippen MR) is 239 cm³/mol. The second-order valence-electron chi connectivity index (χ2n) is 14.5. The number of furan rings is 1. The first-order valence-corrected chi connectivity index (χ1v) is 19.4. The molecule has 0 radical (unpaired) electrons. The Bertz CT molecular complexity index is 3080. The number of aromatic nitrogens is 1. The highest BCUT2D eigenvalue weighted by molar-refractivity contribution is 6.12. The van der Waals surface area contributed by atoms with Crippen LogP contribution in [0.15, 0.2) is 223 Å². The van der Waals surface area contributed by atoms with Crippen molar-refractivity contribution >= 4 is 60.8 Å². The van der Waals surface area contributed by atoms with Crippen molar-refractivity contribution in [3.63, 3.8) is 0 Å². The second kappa shape index (κ2) is 13.6. The molecule has 0 N–H and O–H groups in total. The molecule has 0 bridgehead atoms. The normalized spacial score (nSPS) is 11.5. The zero-order valence-electron chi connectivity index (χ0n) is 31.1. The van der Waals surface area contributed by atoms with Gasteiger partial charge in [-0.3, -0.25) is 0 Å². The fourth-order valence-electron chi connectivity index (χ4n) is 8.48. The molecule has 0 atom stereocenters. The van der Waals surface area contributed by atoms with E-state index in [0.717, 1.165) is 55.8 Å². The average Bonchev–Trinajstić information content (AvgIpc) is 3.83. The van der Waals surface area contributed by atoms with Gasteiger partial charge in [0.15, 0.2) is 0 Å². The van der Waals surface area contributed by atoms with E-state index in [1.54, 1.807) is 0 Å². The van der Waals surface area contributed by atoms with E-state index >= 15 is 0 Å². The van der Waals surface area contributed by atoms with Crippen LogP contribution in [0, 0.1) is 0 Å². The van der Waals surface area contributed by atoms with E-state index < -0.39 is 0 Å². The van der Waals surface area contributed by atoms with Gasteiger partial charge in [0.1, 0.15) is 11.2 Å². The Balaban J connectivity index is 1.12. The van der Waals surface area contributed by atoms with E-state index in [4.69, 9.17) is 4.42 Å². The largest absolute Gasteiger partial charge is 0.455 e. The van der Waals surface area contributed by atoms with Crippen LogP contribution in [-0.2, 0) is 0 Å². The van der Waals surface area contributed by atoms with Crippen molar-refractivity contribution in [3.05, 3.63) is 218 Å². The molecule has 0 saturated carbocycles. The molecular weight excluding hydrogens is 693 g/mol. The minimum absolute atomic E-state index is 0.871. The summed E-state index contributed by atoms with van der Waals surface area (Å²) in [6.45, 7) is 0. The van der Waals surface area contributed by atoms with Crippen LogP contribution in [0.3, 0.4) is 0 Å². The summed E-state index contributed by atoms with van der Waals surface area (Å²) >= 11 is 0. The summed E-state index contributed by atoms with van der Waals surface area (Å²) in [4.78, 5) is 2.37. The Morgan fingerprint density at radius 3 is 1.42 bits per heavy atom. The number of anilines is 3. The zero-order valence-corrected chi connectivity index (χ0v) is 31.1. The van der Waals surface area contributed by atoms with Gasteiger partial charge >= 0.3 is 0 Å². The molecule has 2 aromatic heterocycles. The van der Waals surface area contributed by atoms with Gasteiger partial charge in [-0.05, 0) is 94.5 Å². The van der Waals surface area contributed by atoms with Crippen LogP contribution in [0.2, 0.25) is 0 Å². The number of benzene rings is 9. The van der Waals surface area contributed by atoms with Crippen molar-refractivity contribution in [2.75, 3.05) is 4.90 Å². The lowest BCUT2D eigenvalue weighted by Gasteiger charge is -2.27. The predicted octanol–water partition coefficient (Wildman–Crippen LogP) is 15.2. The average molecular weight is 729 g/mol. The van der Waals surface area contributed by atoms with Gasteiger partial charge in [0.2, 0.25) is 0 Å². The molecule has 11 aromatic rings. The molecule has 2 heterocycles. The van der Waals surface area contributed by atoms with E-state index in [9.17, 15) is 0 Å². The topological polar surface area (TPSA) is 21.3 Å². The van der Waals surface area contributed by atoms with Gasteiger partial charge in [0, 0.05) is 49.9 Å². The highest BCUT2D eigenvalue weighted by Gasteiger charge is 2.21. The van der Waals surface area contributed by atoms with Crippen LogP contribution in [0.1, 0.15) is 0 Å². The number of fused-ring (bicyclic) bond motifs is 6. The molecule has 3 nitrogen and oxygen atoms in total. The first-order chi connectivity index (χ1) is 28.3. The van der Waals surface area contributed by atoms with Crippen LogP contribution in [0.5, 0.6) is 0 Å². The Labute approximate surface area is 330 Å². The van der Waals surface area contributed by atoms with E-state index in [-0.39, 0.29) is 0 Å². The number of para-hydroxylation sites is 3. The molecule has 3 heteroatoms. The fourth-order valence-corrected chi connectivity index (χ4v) is 8.48. The molecule has 11 rings (SSSR count). The van der Waals surface area contributed by atoms with Gasteiger partial charge < -0.3 is 13.9 Å². The van der Waals surface area contributed by atoms with Crippen LogP contribution in [-0.4, -0.2) is 4.57 Å². The van der Waals surface area contributed by atoms with E-state index in [0.29, 0.717) is 0 Å². The van der Waals surface area contributed by atoms with E-state index in [1.165, 1.54) is 44.1 Å². The van der Waals surface area contributed by atoms with E-state index in [2.05, 4.69) is 222 Å². The number of nitrogens with zero attached hydrogens (tertiary/aromatic N) is 2. The van der Waals surface area contributed by atoms with Gasteiger partial charge in [-0.2, -0.15) is 0 Å². The van der Waals surface area contributed by atoms with Gasteiger partial charge in [-0.15, -0.1) is 0 Å². The van der Waals surface area contributed by atoms with Crippen LogP contribution < -0.4 is 4.90 Å². The molecule has 0 amide bonds. The maximum Gasteiger partial charge on any atom is 0.143 e. The van der Waals surface area contributed by atoms with Crippen molar-refractivity contribution in [1.82, 2.24) is 4.57 Å². The standard InChI is InChI=1S/C54H36N2O/c1-3-14-37(15-4-1)39-26-30-42(31-27-39)55(43-32-28-40(29-33-43)38-16-5-2-6-17-38)45-35-49(54-50(36-45)48-22-9-12-25-53(48)57-54)41-18-13-19-44(34-41)56-51-23-10-7-20-46(51)47-21-8-11-24-52(47)56/h1-36H. The van der Waals surface area contributed by atoms with Gasteiger partial charge in [0.25, 0.3) is 0 Å². The third kappa shape index (κ3) is 5.68. The summed E-state index contributed by atoms with van der Waals surface area (Å²) in [6, 6.07) is 78.1. The van der Waals surface area contributed by atoms with Crippen LogP contribution >= 0.6 is 0 Å². The summed E-state index contributed by atoms with van der Waals surface area (Å²) in [7, 11) is 0. The summed E-state index contributed by atoms with van der Waals surface area (Å²) in [5.41, 5.74) is 15.3. The van der Waals surface area contributed by atoms with Crippen molar-refractivity contribution in [2.24, 2.45) is 0 Å². The van der Waals surface area contributed by atoms with Gasteiger partial charge in [0.05, 0.1) is 11.0 Å². The smallest absolute Gasteiger partial charge is 0.143 e. The summed E-state index contributed by atoms with van der Waals surface area (Å²) in [5.74, 6) is 0. The Morgan fingerprint density at radius 2 is 0.825 bits per heavy atom. The Hall–Kier alpha value is -7.62. The minimum Gasteiger partial charge on any atom is -0.455 e. The van der Waals surface area contributed by atoms with Crippen LogP contribution in [0.4, 0.5) is 17.1 Å². The Kier molecular flexibility index (Phi) is 7.82. The minimum atomic E-state index is 0.871. The molecule has 0 aliphatic rings. The quantitative estimate of drug-likeness (QED) is 0.163. The lowest BCUT2D eigenvalue weighted by atomic mass is 9.99. The lowest BCUT2D eigenvalue weighted by molar-refractivity contribution is 0.670. The van der Waals surface area contributed by atoms with Gasteiger partial charge in [-0.25, -0.2) is 0 Å². The van der Waals surface area contributed by atoms with Crippen molar-refractivity contribution in [2.45, 2.75) is 0 Å². The molecular formula is C54H36N2O. The maximum absolute atomic E-state index is 6.76. The Morgan fingerprint density at radius 1 is 0.333 bits per heavy atom. The first-order valence-electron chi connectivity index (χ1n) is 19.4. The molecule has 0 fully saturated rings. The molecule has 268 valence electrons.